The lowest BCUT2D eigenvalue weighted by molar-refractivity contribution is 1.03. The number of halogens is 3. The molecule has 0 aliphatic rings. The van der Waals surface area contributed by atoms with Gasteiger partial charge in [-0.25, -0.2) is 4.98 Å². The monoisotopic (exact) mass is 296 g/mol. The third kappa shape index (κ3) is 4.26. The Bertz CT molecular complexity index is 405. The van der Waals surface area contributed by atoms with Crippen LogP contribution in [0, 0.1) is 0 Å². The van der Waals surface area contributed by atoms with Crippen LogP contribution in [-0.4, -0.2) is 9.97 Å². The van der Waals surface area contributed by atoms with Crippen molar-refractivity contribution in [1.29, 1.82) is 0 Å². The first-order chi connectivity index (χ1) is 6.88. The van der Waals surface area contributed by atoms with Crippen molar-refractivity contribution < 1.29 is 0 Å². The molecule has 0 fully saturated rings. The van der Waals surface area contributed by atoms with E-state index in [0.717, 1.165) is 22.8 Å². The summed E-state index contributed by atoms with van der Waals surface area (Å²) in [5, 5.41) is 3.06. The first-order valence-corrected chi connectivity index (χ1v) is 5.69. The van der Waals surface area contributed by atoms with Crippen LogP contribution in [0.1, 0.15) is 16.4 Å². The second-order valence-electron chi connectivity index (χ2n) is 2.86. The van der Waals surface area contributed by atoms with E-state index in [1.807, 2.05) is 23.6 Å². The largest absolute Gasteiger partial charge is 0.261 e. The first-order valence-electron chi connectivity index (χ1n) is 4.27. The van der Waals surface area contributed by atoms with Crippen molar-refractivity contribution in [1.82, 2.24) is 9.97 Å². The maximum atomic E-state index is 5.67. The standard InChI is InChI=1S/C10H9ClN2S.2ClH/c11-6-9-7-14-10(13-9)5-8-3-1-2-4-12-8;;/h1-4,7H,5-6H2;2*1H. The molecule has 2 nitrogen and oxygen atoms in total. The van der Waals surface area contributed by atoms with Crippen molar-refractivity contribution in [2.45, 2.75) is 12.3 Å². The molecule has 2 aromatic rings. The van der Waals surface area contributed by atoms with Crippen molar-refractivity contribution in [2.75, 3.05) is 0 Å². The van der Waals surface area contributed by atoms with E-state index in [0.29, 0.717) is 5.88 Å². The van der Waals surface area contributed by atoms with Gasteiger partial charge in [0, 0.05) is 23.7 Å². The summed E-state index contributed by atoms with van der Waals surface area (Å²) in [6.07, 6.45) is 2.59. The SMILES string of the molecule is Cl.Cl.ClCc1csc(Cc2ccccn2)n1. The molecule has 2 heterocycles. The van der Waals surface area contributed by atoms with Gasteiger partial charge in [0.1, 0.15) is 0 Å². The van der Waals surface area contributed by atoms with Crippen LogP contribution in [0.3, 0.4) is 0 Å². The average molecular weight is 298 g/mol. The summed E-state index contributed by atoms with van der Waals surface area (Å²) in [6, 6.07) is 5.90. The minimum absolute atomic E-state index is 0. The molecular weight excluding hydrogens is 287 g/mol. The van der Waals surface area contributed by atoms with Crippen molar-refractivity contribution in [3.8, 4) is 0 Å². The molecule has 0 N–H and O–H groups in total. The fraction of sp³-hybridized carbons (Fsp3) is 0.200. The number of hydrogen-bond donors (Lipinski definition) is 0. The van der Waals surface area contributed by atoms with Gasteiger partial charge in [0.2, 0.25) is 0 Å². The Labute approximate surface area is 116 Å². The molecule has 0 unspecified atom stereocenters. The molecule has 0 aliphatic heterocycles. The van der Waals surface area contributed by atoms with Gasteiger partial charge < -0.3 is 0 Å². The van der Waals surface area contributed by atoms with Crippen LogP contribution in [0.4, 0.5) is 0 Å². The Balaban J connectivity index is 0.00000112. The molecule has 6 heteroatoms. The zero-order valence-electron chi connectivity index (χ0n) is 8.30. The fourth-order valence-corrected chi connectivity index (χ4v) is 2.19. The summed E-state index contributed by atoms with van der Waals surface area (Å²) in [5.74, 6) is 0.485. The van der Waals surface area contributed by atoms with Gasteiger partial charge in [-0.15, -0.1) is 47.8 Å². The summed E-state index contributed by atoms with van der Waals surface area (Å²) < 4.78 is 0. The van der Waals surface area contributed by atoms with Gasteiger partial charge in [-0.2, -0.15) is 0 Å². The molecule has 0 saturated carbocycles. The van der Waals surface area contributed by atoms with Gasteiger partial charge in [-0.1, -0.05) is 6.07 Å². The molecule has 0 aromatic carbocycles. The van der Waals surface area contributed by atoms with E-state index in [4.69, 9.17) is 11.6 Å². The van der Waals surface area contributed by atoms with E-state index in [9.17, 15) is 0 Å². The number of thiazole rings is 1. The number of alkyl halides is 1. The van der Waals surface area contributed by atoms with Crippen molar-refractivity contribution >= 4 is 47.8 Å². The van der Waals surface area contributed by atoms with Crippen LogP contribution in [0.15, 0.2) is 29.8 Å². The van der Waals surface area contributed by atoms with Crippen molar-refractivity contribution in [2.24, 2.45) is 0 Å². The van der Waals surface area contributed by atoms with Crippen molar-refractivity contribution in [3.05, 3.63) is 46.2 Å². The van der Waals surface area contributed by atoms with E-state index in [1.165, 1.54) is 0 Å². The van der Waals surface area contributed by atoms with Crippen LogP contribution in [0.5, 0.6) is 0 Å². The lowest BCUT2D eigenvalue weighted by Crippen LogP contribution is -1.90. The van der Waals surface area contributed by atoms with Crippen molar-refractivity contribution in [3.63, 3.8) is 0 Å². The smallest absolute Gasteiger partial charge is 0.0988 e. The summed E-state index contributed by atoms with van der Waals surface area (Å²) in [4.78, 5) is 8.61. The van der Waals surface area contributed by atoms with Gasteiger partial charge in [-0.3, -0.25) is 4.98 Å². The van der Waals surface area contributed by atoms with Crippen LogP contribution in [-0.2, 0) is 12.3 Å². The van der Waals surface area contributed by atoms with Gasteiger partial charge >= 0.3 is 0 Å². The summed E-state index contributed by atoms with van der Waals surface area (Å²) in [5.41, 5.74) is 1.99. The van der Waals surface area contributed by atoms with Crippen LogP contribution >= 0.6 is 47.8 Å². The molecule has 0 aliphatic carbocycles. The molecule has 16 heavy (non-hydrogen) atoms. The molecule has 0 radical (unpaired) electrons. The Morgan fingerprint density at radius 1 is 1.19 bits per heavy atom. The lowest BCUT2D eigenvalue weighted by atomic mass is 10.3. The van der Waals surface area contributed by atoms with Gasteiger partial charge in [0.15, 0.2) is 0 Å². The van der Waals surface area contributed by atoms with E-state index in [1.54, 1.807) is 17.5 Å². The van der Waals surface area contributed by atoms with E-state index < -0.39 is 0 Å². The minimum Gasteiger partial charge on any atom is -0.261 e. The van der Waals surface area contributed by atoms with E-state index >= 15 is 0 Å². The summed E-state index contributed by atoms with van der Waals surface area (Å²) in [6.45, 7) is 0. The molecule has 88 valence electrons. The molecule has 0 amide bonds. The molecular formula is C10H11Cl3N2S. The highest BCUT2D eigenvalue weighted by Gasteiger charge is 2.02. The van der Waals surface area contributed by atoms with Gasteiger partial charge in [-0.05, 0) is 12.1 Å². The Morgan fingerprint density at radius 2 is 2.00 bits per heavy atom. The third-order valence-electron chi connectivity index (χ3n) is 1.79. The highest BCUT2D eigenvalue weighted by Crippen LogP contribution is 2.14. The molecule has 0 saturated heterocycles. The van der Waals surface area contributed by atoms with Crippen LogP contribution in [0.2, 0.25) is 0 Å². The Hall–Kier alpha value is -0.350. The van der Waals surface area contributed by atoms with E-state index in [2.05, 4.69) is 9.97 Å². The highest BCUT2D eigenvalue weighted by molar-refractivity contribution is 7.09. The maximum Gasteiger partial charge on any atom is 0.0988 e. The number of pyridine rings is 1. The van der Waals surface area contributed by atoms with Gasteiger partial charge in [0.25, 0.3) is 0 Å². The predicted molar refractivity (Wildman–Crippen MR) is 73.2 cm³/mol. The Morgan fingerprint density at radius 3 is 2.56 bits per heavy atom. The molecule has 0 spiro atoms. The first kappa shape index (κ1) is 15.7. The number of hydrogen-bond acceptors (Lipinski definition) is 3. The predicted octanol–water partition coefficient (Wildman–Crippen LogP) is 3.71. The molecule has 2 aromatic heterocycles. The molecule has 0 bridgehead atoms. The molecule has 2 rings (SSSR count). The number of nitrogens with zero attached hydrogens (tertiary/aromatic N) is 2. The fourth-order valence-electron chi connectivity index (χ4n) is 1.15. The lowest BCUT2D eigenvalue weighted by Gasteiger charge is -1.94. The second-order valence-corrected chi connectivity index (χ2v) is 4.07. The third-order valence-corrected chi connectivity index (χ3v) is 2.97. The van der Waals surface area contributed by atoms with E-state index in [-0.39, 0.29) is 24.8 Å². The quantitative estimate of drug-likeness (QED) is 0.807. The number of aromatic nitrogens is 2. The van der Waals surface area contributed by atoms with Crippen LogP contribution < -0.4 is 0 Å². The Kier molecular flexibility index (Phi) is 7.68. The second kappa shape index (κ2) is 7.85. The topological polar surface area (TPSA) is 25.8 Å². The maximum absolute atomic E-state index is 5.67. The van der Waals surface area contributed by atoms with Gasteiger partial charge in [0.05, 0.1) is 16.6 Å². The minimum atomic E-state index is 0. The highest BCUT2D eigenvalue weighted by atomic mass is 35.5. The normalized spacial score (nSPS) is 9.06. The average Bonchev–Trinajstić information content (AvgIpc) is 2.67. The zero-order valence-corrected chi connectivity index (χ0v) is 11.5. The molecule has 0 atom stereocenters. The summed E-state index contributed by atoms with van der Waals surface area (Å²) >= 11 is 7.31. The summed E-state index contributed by atoms with van der Waals surface area (Å²) in [7, 11) is 0. The van der Waals surface area contributed by atoms with Crippen LogP contribution in [0.25, 0.3) is 0 Å². The number of rotatable bonds is 3. The zero-order chi connectivity index (χ0) is 9.80.